The average molecular weight is 155 g/mol. The van der Waals surface area contributed by atoms with Gasteiger partial charge in [-0.25, -0.2) is 0 Å². The first-order chi connectivity index (χ1) is 5.20. The first-order valence-electron chi connectivity index (χ1n) is 3.65. The number of hydrogen-bond donors (Lipinski definition) is 0. The predicted octanol–water partition coefficient (Wildman–Crippen LogP) is 0.740. The Balaban J connectivity index is 2.44. The molecule has 0 atom stereocenters. The number of aromatic nitrogens is 3. The molecule has 0 aliphatic carbocycles. The van der Waals surface area contributed by atoms with E-state index < -0.39 is 0 Å². The molecule has 0 fully saturated rings. The van der Waals surface area contributed by atoms with Crippen LogP contribution in [0.2, 0.25) is 0 Å². The average Bonchev–Trinajstić information content (AvgIpc) is 2.31. The molecule has 4 nitrogen and oxygen atoms in total. The molecule has 0 aliphatic rings. The molecule has 0 aromatic carbocycles. The summed E-state index contributed by atoms with van der Waals surface area (Å²) in [6.45, 7) is 4.59. The highest BCUT2D eigenvalue weighted by Crippen LogP contribution is 1.98. The van der Waals surface area contributed by atoms with Crippen molar-refractivity contribution in [2.24, 2.45) is 7.05 Å². The van der Waals surface area contributed by atoms with Gasteiger partial charge in [-0.05, 0) is 13.8 Å². The Morgan fingerprint density at radius 2 is 2.36 bits per heavy atom. The normalized spacial score (nSPS) is 10.9. The van der Waals surface area contributed by atoms with Gasteiger partial charge in [0.05, 0.1) is 24.6 Å². The summed E-state index contributed by atoms with van der Waals surface area (Å²) in [4.78, 5) is 0. The number of aryl methyl sites for hydroxylation is 1. The second kappa shape index (κ2) is 3.48. The topological polar surface area (TPSA) is 39.9 Å². The van der Waals surface area contributed by atoms with Gasteiger partial charge in [-0.3, -0.25) is 4.68 Å². The van der Waals surface area contributed by atoms with Gasteiger partial charge in [-0.2, -0.15) is 0 Å². The molecule has 0 radical (unpaired) electrons. The maximum absolute atomic E-state index is 5.37. The summed E-state index contributed by atoms with van der Waals surface area (Å²) >= 11 is 0. The molecule has 0 aliphatic heterocycles. The van der Waals surface area contributed by atoms with Crippen LogP contribution in [0.25, 0.3) is 0 Å². The SMILES string of the molecule is CC(C)OCc1cnnn1C. The molecule has 11 heavy (non-hydrogen) atoms. The summed E-state index contributed by atoms with van der Waals surface area (Å²) in [7, 11) is 1.85. The fraction of sp³-hybridized carbons (Fsp3) is 0.714. The van der Waals surface area contributed by atoms with Crippen LogP contribution in [0.1, 0.15) is 19.5 Å². The van der Waals surface area contributed by atoms with Crippen LogP contribution in [0.3, 0.4) is 0 Å². The zero-order valence-electron chi connectivity index (χ0n) is 7.11. The lowest BCUT2D eigenvalue weighted by atomic mass is 10.4. The van der Waals surface area contributed by atoms with Crippen LogP contribution in [0, 0.1) is 0 Å². The van der Waals surface area contributed by atoms with Crippen molar-refractivity contribution in [2.75, 3.05) is 0 Å². The highest BCUT2D eigenvalue weighted by atomic mass is 16.5. The summed E-state index contributed by atoms with van der Waals surface area (Å²) in [6.07, 6.45) is 1.97. The van der Waals surface area contributed by atoms with E-state index in [0.717, 1.165) is 5.69 Å². The number of rotatable bonds is 3. The maximum Gasteiger partial charge on any atom is 0.0904 e. The molecule has 1 rings (SSSR count). The zero-order chi connectivity index (χ0) is 8.27. The van der Waals surface area contributed by atoms with Gasteiger partial charge in [0, 0.05) is 7.05 Å². The second-order valence-corrected chi connectivity index (χ2v) is 2.71. The second-order valence-electron chi connectivity index (χ2n) is 2.71. The van der Waals surface area contributed by atoms with Crippen LogP contribution in [-0.4, -0.2) is 21.1 Å². The van der Waals surface area contributed by atoms with E-state index in [9.17, 15) is 0 Å². The minimum atomic E-state index is 0.255. The van der Waals surface area contributed by atoms with E-state index in [-0.39, 0.29) is 6.10 Å². The first-order valence-corrected chi connectivity index (χ1v) is 3.65. The van der Waals surface area contributed by atoms with Crippen LogP contribution in [-0.2, 0) is 18.4 Å². The van der Waals surface area contributed by atoms with Crippen molar-refractivity contribution in [2.45, 2.75) is 26.6 Å². The van der Waals surface area contributed by atoms with Crippen molar-refractivity contribution in [3.8, 4) is 0 Å². The first kappa shape index (κ1) is 8.20. The molecule has 4 heteroatoms. The van der Waals surface area contributed by atoms with Gasteiger partial charge < -0.3 is 4.74 Å². The van der Waals surface area contributed by atoms with Gasteiger partial charge in [0.15, 0.2) is 0 Å². The van der Waals surface area contributed by atoms with Crippen LogP contribution in [0.4, 0.5) is 0 Å². The van der Waals surface area contributed by atoms with Gasteiger partial charge in [0.2, 0.25) is 0 Å². The van der Waals surface area contributed by atoms with Gasteiger partial charge in [-0.1, -0.05) is 5.21 Å². The molecule has 0 bridgehead atoms. The monoisotopic (exact) mass is 155 g/mol. The standard InChI is InChI=1S/C7H13N3O/c1-6(2)11-5-7-4-8-9-10(7)3/h4,6H,5H2,1-3H3. The van der Waals surface area contributed by atoms with E-state index >= 15 is 0 Å². The fourth-order valence-corrected chi connectivity index (χ4v) is 0.694. The molecule has 1 heterocycles. The van der Waals surface area contributed by atoms with Crippen molar-refractivity contribution in [3.05, 3.63) is 11.9 Å². The number of nitrogens with zero attached hydrogens (tertiary/aromatic N) is 3. The highest BCUT2D eigenvalue weighted by molar-refractivity contribution is 4.90. The van der Waals surface area contributed by atoms with E-state index in [1.807, 2.05) is 20.9 Å². The van der Waals surface area contributed by atoms with Gasteiger partial charge in [0.25, 0.3) is 0 Å². The molecule has 0 spiro atoms. The number of hydrogen-bond acceptors (Lipinski definition) is 3. The zero-order valence-corrected chi connectivity index (χ0v) is 7.11. The Kier molecular flexibility index (Phi) is 2.59. The lowest BCUT2D eigenvalue weighted by Gasteiger charge is -2.05. The minimum Gasteiger partial charge on any atom is -0.372 e. The van der Waals surface area contributed by atoms with E-state index in [1.165, 1.54) is 0 Å². The lowest BCUT2D eigenvalue weighted by molar-refractivity contribution is 0.0617. The molecule has 0 amide bonds. The van der Waals surface area contributed by atoms with Gasteiger partial charge >= 0.3 is 0 Å². The van der Waals surface area contributed by atoms with Crippen molar-refractivity contribution in [3.63, 3.8) is 0 Å². The van der Waals surface area contributed by atoms with E-state index in [4.69, 9.17) is 4.74 Å². The minimum absolute atomic E-state index is 0.255. The predicted molar refractivity (Wildman–Crippen MR) is 40.9 cm³/mol. The maximum atomic E-state index is 5.37. The van der Waals surface area contributed by atoms with Crippen LogP contribution in [0.5, 0.6) is 0 Å². The van der Waals surface area contributed by atoms with Gasteiger partial charge in [-0.15, -0.1) is 5.10 Å². The molecule has 0 saturated carbocycles. The molecule has 0 saturated heterocycles. The van der Waals surface area contributed by atoms with E-state index in [2.05, 4.69) is 10.3 Å². The number of ether oxygens (including phenoxy) is 1. The quantitative estimate of drug-likeness (QED) is 0.646. The Bertz CT molecular complexity index is 219. The van der Waals surface area contributed by atoms with Crippen molar-refractivity contribution < 1.29 is 4.74 Å². The van der Waals surface area contributed by atoms with Crippen LogP contribution < -0.4 is 0 Å². The summed E-state index contributed by atoms with van der Waals surface area (Å²) in [5.41, 5.74) is 0.999. The van der Waals surface area contributed by atoms with Crippen LogP contribution >= 0.6 is 0 Å². The van der Waals surface area contributed by atoms with Crippen molar-refractivity contribution in [1.82, 2.24) is 15.0 Å². The van der Waals surface area contributed by atoms with Crippen molar-refractivity contribution in [1.29, 1.82) is 0 Å². The third-order valence-corrected chi connectivity index (χ3v) is 1.37. The van der Waals surface area contributed by atoms with Crippen LogP contribution in [0.15, 0.2) is 6.20 Å². The smallest absolute Gasteiger partial charge is 0.0904 e. The molecule has 1 aromatic heterocycles. The molecule has 0 unspecified atom stereocenters. The summed E-state index contributed by atoms with van der Waals surface area (Å²) in [6, 6.07) is 0. The molecular weight excluding hydrogens is 142 g/mol. The Hall–Kier alpha value is -0.900. The van der Waals surface area contributed by atoms with E-state index in [1.54, 1.807) is 10.9 Å². The third kappa shape index (κ3) is 2.31. The summed E-state index contributed by atoms with van der Waals surface area (Å²) < 4.78 is 7.08. The van der Waals surface area contributed by atoms with Crippen molar-refractivity contribution >= 4 is 0 Å². The molecule has 0 N–H and O–H groups in total. The highest BCUT2D eigenvalue weighted by Gasteiger charge is 2.00. The Morgan fingerprint density at radius 3 is 2.82 bits per heavy atom. The van der Waals surface area contributed by atoms with E-state index in [0.29, 0.717) is 6.61 Å². The summed E-state index contributed by atoms with van der Waals surface area (Å²) in [5.74, 6) is 0. The Labute approximate surface area is 66.2 Å². The molecule has 62 valence electrons. The third-order valence-electron chi connectivity index (χ3n) is 1.37. The summed E-state index contributed by atoms with van der Waals surface area (Å²) in [5, 5.41) is 7.51. The molecular formula is C7H13N3O. The fourth-order valence-electron chi connectivity index (χ4n) is 0.694. The Morgan fingerprint density at radius 1 is 1.64 bits per heavy atom. The van der Waals surface area contributed by atoms with Gasteiger partial charge in [0.1, 0.15) is 0 Å². The lowest BCUT2D eigenvalue weighted by Crippen LogP contribution is -2.06. The largest absolute Gasteiger partial charge is 0.372 e. The molecule has 1 aromatic rings.